The topological polar surface area (TPSA) is 25.8 Å². The molecule has 0 aliphatic carbocycles. The zero-order valence-corrected chi connectivity index (χ0v) is 34.7. The van der Waals surface area contributed by atoms with Crippen LogP contribution in [0.4, 0.5) is 4.39 Å². The minimum absolute atomic E-state index is 0. The van der Waals surface area contributed by atoms with Crippen LogP contribution >= 0.6 is 11.3 Å². The monoisotopic (exact) mass is 885 g/mol. The Hall–Kier alpha value is -3.80. The molecule has 7 aromatic rings. The van der Waals surface area contributed by atoms with E-state index < -0.39 is 8.07 Å². The van der Waals surface area contributed by atoms with Crippen LogP contribution in [0, 0.1) is 17.9 Å². The first-order chi connectivity index (χ1) is 24.1. The molecule has 7 rings (SSSR count). The molecule has 0 amide bonds. The number of rotatable bonds is 8. The molecule has 0 aliphatic heterocycles. The van der Waals surface area contributed by atoms with Crippen molar-refractivity contribution < 1.29 is 24.5 Å². The maximum Gasteiger partial charge on any atom is 0.123 e. The third kappa shape index (κ3) is 8.64. The Morgan fingerprint density at radius 2 is 1.55 bits per heavy atom. The van der Waals surface area contributed by atoms with Crippen molar-refractivity contribution in [3.63, 3.8) is 0 Å². The second-order valence-corrected chi connectivity index (χ2v) is 20.3. The van der Waals surface area contributed by atoms with Crippen molar-refractivity contribution in [2.24, 2.45) is 0 Å². The third-order valence-corrected chi connectivity index (χ3v) is 12.7. The van der Waals surface area contributed by atoms with Gasteiger partial charge in [0, 0.05) is 37.2 Å². The summed E-state index contributed by atoms with van der Waals surface area (Å²) in [5, 5.41) is 3.91. The van der Waals surface area contributed by atoms with Gasteiger partial charge in [-0.25, -0.2) is 4.39 Å². The van der Waals surface area contributed by atoms with Gasteiger partial charge >= 0.3 is 0 Å². The van der Waals surface area contributed by atoms with Gasteiger partial charge in [-0.2, -0.15) is 11.3 Å². The van der Waals surface area contributed by atoms with Gasteiger partial charge < -0.3 is 9.97 Å². The molecule has 6 heteroatoms. The second-order valence-electron chi connectivity index (χ2n) is 14.2. The number of pyridine rings is 2. The van der Waals surface area contributed by atoms with Gasteiger partial charge in [-0.15, -0.1) is 59.7 Å². The van der Waals surface area contributed by atoms with Crippen LogP contribution in [-0.4, -0.2) is 18.0 Å². The quantitative estimate of drug-likeness (QED) is 0.112. The molecular formula is C45H45FIrN2SSi-2. The minimum atomic E-state index is -1.34. The van der Waals surface area contributed by atoms with Crippen molar-refractivity contribution in [1.82, 2.24) is 9.97 Å². The third-order valence-electron chi connectivity index (χ3n) is 9.44. The standard InChI is InChI=1S/C28H23FNS.C17H22NSi.Ir/c1-3-18(4-2)21-13-14-30-26(16-21)25-10-6-9-24-23-12-11-20(17-27(23)31-28(24)25)19-7-5-8-22(29)15-19;1-13(2)15-11-16(14-9-7-6-8-10-14)18-12-17(15)19(3,4)5;/h5-9,11-18H,3-4H2,1-2H3;6-9,11-13H,1-5H3;/q2*-1;. The van der Waals surface area contributed by atoms with Gasteiger partial charge in [0.2, 0.25) is 0 Å². The minimum Gasteiger partial charge on any atom is -0.305 e. The molecule has 4 aromatic carbocycles. The van der Waals surface area contributed by atoms with E-state index in [-0.39, 0.29) is 25.9 Å². The van der Waals surface area contributed by atoms with Gasteiger partial charge in [0.05, 0.1) is 8.07 Å². The summed E-state index contributed by atoms with van der Waals surface area (Å²) in [6.45, 7) is 16.1. The van der Waals surface area contributed by atoms with E-state index in [1.54, 1.807) is 23.5 Å². The molecule has 3 heterocycles. The zero-order chi connectivity index (χ0) is 35.4. The van der Waals surface area contributed by atoms with E-state index in [2.05, 4.69) is 124 Å². The predicted octanol–water partition coefficient (Wildman–Crippen LogP) is 12.8. The Labute approximate surface area is 321 Å². The molecule has 263 valence electrons. The van der Waals surface area contributed by atoms with E-state index in [1.807, 2.05) is 36.5 Å². The Balaban J connectivity index is 0.000000218. The molecule has 0 bridgehead atoms. The number of nitrogens with zero attached hydrogens (tertiary/aromatic N) is 2. The number of thiophene rings is 1. The summed E-state index contributed by atoms with van der Waals surface area (Å²) < 4.78 is 16.1. The molecule has 0 spiro atoms. The fourth-order valence-electron chi connectivity index (χ4n) is 6.65. The molecule has 0 saturated carbocycles. The van der Waals surface area contributed by atoms with Crippen molar-refractivity contribution in [2.45, 2.75) is 72.0 Å². The molecule has 1 radical (unpaired) electrons. The van der Waals surface area contributed by atoms with Gasteiger partial charge in [0.25, 0.3) is 0 Å². The SMILES string of the molecule is CC(C)c1cc(-c2[c-]cccc2)ncc1[Si](C)(C)C.CCC(CC)c1ccnc(-c2[c-]ccc3c2sc2cc(-c4cccc(F)c4)ccc23)c1.[Ir]. The Bertz CT molecular complexity index is 2240. The van der Waals surface area contributed by atoms with Crippen molar-refractivity contribution in [2.75, 3.05) is 0 Å². The first-order valence-corrected chi connectivity index (χ1v) is 22.0. The van der Waals surface area contributed by atoms with Gasteiger partial charge in [0.1, 0.15) is 5.82 Å². The van der Waals surface area contributed by atoms with E-state index in [0.717, 1.165) is 46.5 Å². The number of fused-ring (bicyclic) bond motifs is 3. The molecular weight excluding hydrogens is 840 g/mol. The van der Waals surface area contributed by atoms with Gasteiger partial charge in [-0.1, -0.05) is 100 Å². The zero-order valence-electron chi connectivity index (χ0n) is 30.5. The predicted molar refractivity (Wildman–Crippen MR) is 216 cm³/mol. The van der Waals surface area contributed by atoms with Crippen LogP contribution in [-0.2, 0) is 20.1 Å². The molecule has 3 aromatic heterocycles. The maximum atomic E-state index is 13.7. The number of aromatic nitrogens is 2. The van der Waals surface area contributed by atoms with Crippen molar-refractivity contribution in [1.29, 1.82) is 0 Å². The second kappa shape index (κ2) is 16.7. The fraction of sp³-hybridized carbons (Fsp3) is 0.244. The normalized spacial score (nSPS) is 11.5. The summed E-state index contributed by atoms with van der Waals surface area (Å²) in [5.41, 5.74) is 8.85. The molecule has 0 atom stereocenters. The van der Waals surface area contributed by atoms with Crippen molar-refractivity contribution in [3.05, 3.63) is 139 Å². The first kappa shape index (κ1) is 38.4. The summed E-state index contributed by atoms with van der Waals surface area (Å²) in [6.07, 6.45) is 6.27. The van der Waals surface area contributed by atoms with E-state index in [1.165, 1.54) is 42.6 Å². The van der Waals surface area contributed by atoms with Gasteiger partial charge in [-0.05, 0) is 86.7 Å². The van der Waals surface area contributed by atoms with Gasteiger partial charge in [-0.3, -0.25) is 0 Å². The number of halogens is 1. The van der Waals surface area contributed by atoms with E-state index in [9.17, 15) is 4.39 Å². The first-order valence-electron chi connectivity index (χ1n) is 17.6. The van der Waals surface area contributed by atoms with E-state index in [0.29, 0.717) is 11.8 Å². The summed E-state index contributed by atoms with van der Waals surface area (Å²) in [6, 6.07) is 38.6. The van der Waals surface area contributed by atoms with Crippen LogP contribution in [0.5, 0.6) is 0 Å². The van der Waals surface area contributed by atoms with E-state index >= 15 is 0 Å². The Morgan fingerprint density at radius 3 is 2.24 bits per heavy atom. The molecule has 0 fully saturated rings. The van der Waals surface area contributed by atoms with Crippen LogP contribution < -0.4 is 5.19 Å². The van der Waals surface area contributed by atoms with Crippen LogP contribution in [0.3, 0.4) is 0 Å². The van der Waals surface area contributed by atoms with Crippen molar-refractivity contribution in [3.8, 4) is 33.6 Å². The Morgan fingerprint density at radius 1 is 0.765 bits per heavy atom. The molecule has 0 N–H and O–H groups in total. The fourth-order valence-corrected chi connectivity index (χ4v) is 9.58. The molecule has 0 saturated heterocycles. The summed E-state index contributed by atoms with van der Waals surface area (Å²) in [4.78, 5) is 9.35. The average Bonchev–Trinajstić information content (AvgIpc) is 3.50. The average molecular weight is 885 g/mol. The van der Waals surface area contributed by atoms with Crippen LogP contribution in [0.2, 0.25) is 19.6 Å². The molecule has 0 unspecified atom stereocenters. The molecule has 2 nitrogen and oxygen atoms in total. The van der Waals surface area contributed by atoms with Crippen LogP contribution in [0.1, 0.15) is 63.5 Å². The summed E-state index contributed by atoms with van der Waals surface area (Å²) in [5.74, 6) is 0.874. The smallest absolute Gasteiger partial charge is 0.123 e. The molecule has 0 aliphatic rings. The molecule has 51 heavy (non-hydrogen) atoms. The Kier molecular flexibility index (Phi) is 12.6. The van der Waals surface area contributed by atoms with Crippen LogP contribution in [0.25, 0.3) is 53.8 Å². The number of benzene rings is 4. The largest absolute Gasteiger partial charge is 0.305 e. The number of hydrogen-bond acceptors (Lipinski definition) is 3. The van der Waals surface area contributed by atoms with Crippen molar-refractivity contribution >= 4 is 44.8 Å². The summed E-state index contributed by atoms with van der Waals surface area (Å²) >= 11 is 1.76. The maximum absolute atomic E-state index is 13.7. The van der Waals surface area contributed by atoms with Crippen LogP contribution in [0.15, 0.2) is 109 Å². The van der Waals surface area contributed by atoms with Gasteiger partial charge in [0.15, 0.2) is 0 Å². The van der Waals surface area contributed by atoms with E-state index in [4.69, 9.17) is 0 Å². The summed E-state index contributed by atoms with van der Waals surface area (Å²) in [7, 11) is -1.34. The number of hydrogen-bond donors (Lipinski definition) is 0.